The Bertz CT molecular complexity index is 521. The Balaban J connectivity index is 5.33. The molecule has 0 bridgehead atoms. The van der Waals surface area contributed by atoms with Gasteiger partial charge >= 0.3 is 11.9 Å². The molecule has 0 atom stereocenters. The van der Waals surface area contributed by atoms with Crippen LogP contribution in [0.2, 0.25) is 58.9 Å². The summed E-state index contributed by atoms with van der Waals surface area (Å²) in [6, 6.07) is 0. The summed E-state index contributed by atoms with van der Waals surface area (Å²) in [5.41, 5.74) is -0.0241. The van der Waals surface area contributed by atoms with Crippen LogP contribution in [0.4, 0.5) is 0 Å². The van der Waals surface area contributed by atoms with Gasteiger partial charge in [-0.05, 0) is 58.9 Å². The zero-order valence-corrected chi connectivity index (χ0v) is 19.2. The number of rotatable bonds is 7. The number of hydrogen-bond donors (Lipinski definition) is 0. The SMILES string of the molecule is C[Si](C)(C)OC(=O)C=C(CC(=O)O[Si](C)(C)C)C(=O)O[Si](C)(C)C. The Labute approximate surface area is 147 Å². The molecule has 0 spiro atoms. The fraction of sp³-hybridized carbons (Fsp3) is 0.667. The summed E-state index contributed by atoms with van der Waals surface area (Å²) >= 11 is 0. The van der Waals surface area contributed by atoms with Crippen LogP contribution < -0.4 is 0 Å². The fourth-order valence-corrected chi connectivity index (χ4v) is 3.64. The molecule has 9 heteroatoms. The van der Waals surface area contributed by atoms with E-state index in [1.165, 1.54) is 0 Å². The normalized spacial score (nSPS) is 13.3. The molecule has 0 aromatic heterocycles. The van der Waals surface area contributed by atoms with Crippen molar-refractivity contribution in [3.8, 4) is 0 Å². The molecule has 0 aliphatic rings. The highest BCUT2D eigenvalue weighted by molar-refractivity contribution is 6.72. The Hall–Kier alpha value is -1.20. The predicted molar refractivity (Wildman–Crippen MR) is 101 cm³/mol. The van der Waals surface area contributed by atoms with Gasteiger partial charge in [-0.2, -0.15) is 0 Å². The minimum Gasteiger partial charge on any atom is -0.520 e. The van der Waals surface area contributed by atoms with Crippen molar-refractivity contribution in [2.75, 3.05) is 0 Å². The monoisotopic (exact) mass is 390 g/mol. The highest BCUT2D eigenvalue weighted by atomic mass is 28.4. The van der Waals surface area contributed by atoms with Gasteiger partial charge in [0, 0.05) is 6.08 Å². The van der Waals surface area contributed by atoms with Gasteiger partial charge in [0.15, 0.2) is 0 Å². The highest BCUT2D eigenvalue weighted by Crippen LogP contribution is 2.15. The Morgan fingerprint density at radius 3 is 1.50 bits per heavy atom. The van der Waals surface area contributed by atoms with E-state index >= 15 is 0 Å². The van der Waals surface area contributed by atoms with Crippen molar-refractivity contribution in [1.29, 1.82) is 0 Å². The first-order valence-electron chi connectivity index (χ1n) is 7.87. The quantitative estimate of drug-likeness (QED) is 0.489. The first kappa shape index (κ1) is 22.8. The van der Waals surface area contributed by atoms with Gasteiger partial charge in [0.25, 0.3) is 5.97 Å². The van der Waals surface area contributed by atoms with Crippen LogP contribution >= 0.6 is 0 Å². The van der Waals surface area contributed by atoms with Crippen LogP contribution in [0.3, 0.4) is 0 Å². The van der Waals surface area contributed by atoms with Crippen molar-refractivity contribution in [1.82, 2.24) is 0 Å². The molecule has 0 N–H and O–H groups in total. The molecule has 0 saturated carbocycles. The molecular formula is C15H30O6Si3. The van der Waals surface area contributed by atoms with Crippen LogP contribution in [0.15, 0.2) is 11.6 Å². The highest BCUT2D eigenvalue weighted by Gasteiger charge is 2.28. The third kappa shape index (κ3) is 12.3. The van der Waals surface area contributed by atoms with Gasteiger partial charge in [0.1, 0.15) is 0 Å². The molecule has 0 saturated heterocycles. The standard InChI is InChI=1S/C15H30O6Si3/c1-22(2,3)19-13(16)10-12(15(18)21-24(7,8)9)11-14(17)20-23(4,5)6/h10H,11H2,1-9H3. The van der Waals surface area contributed by atoms with E-state index in [1.807, 2.05) is 58.9 Å². The second kappa shape index (κ2) is 8.26. The number of carbonyl (C=O) groups is 3. The Morgan fingerprint density at radius 2 is 1.12 bits per heavy atom. The minimum absolute atomic E-state index is 0.0241. The largest absolute Gasteiger partial charge is 0.520 e. The zero-order chi connectivity index (χ0) is 19.3. The van der Waals surface area contributed by atoms with E-state index in [-0.39, 0.29) is 12.0 Å². The first-order valence-corrected chi connectivity index (χ1v) is 18.1. The molecule has 0 aliphatic heterocycles. The lowest BCUT2D eigenvalue weighted by Crippen LogP contribution is -2.33. The average Bonchev–Trinajstić information content (AvgIpc) is 2.19. The van der Waals surface area contributed by atoms with Crippen LogP contribution in [0, 0.1) is 0 Å². The number of hydrogen-bond acceptors (Lipinski definition) is 6. The maximum atomic E-state index is 12.3. The maximum absolute atomic E-state index is 12.3. The summed E-state index contributed by atoms with van der Waals surface area (Å²) < 4.78 is 16.1. The molecule has 138 valence electrons. The van der Waals surface area contributed by atoms with Crippen molar-refractivity contribution >= 4 is 42.9 Å². The van der Waals surface area contributed by atoms with Crippen molar-refractivity contribution in [2.45, 2.75) is 65.3 Å². The fourth-order valence-electron chi connectivity index (χ4n) is 1.53. The molecule has 6 nitrogen and oxygen atoms in total. The van der Waals surface area contributed by atoms with Crippen molar-refractivity contribution in [3.05, 3.63) is 11.6 Å². The molecule has 0 fully saturated rings. The molecule has 0 aliphatic carbocycles. The molecule has 24 heavy (non-hydrogen) atoms. The third-order valence-corrected chi connectivity index (χ3v) is 4.57. The van der Waals surface area contributed by atoms with E-state index in [0.717, 1.165) is 6.08 Å². The van der Waals surface area contributed by atoms with Gasteiger partial charge in [-0.25, -0.2) is 9.59 Å². The topological polar surface area (TPSA) is 78.9 Å². The van der Waals surface area contributed by atoms with E-state index in [1.54, 1.807) is 0 Å². The molecule has 0 unspecified atom stereocenters. The lowest BCUT2D eigenvalue weighted by atomic mass is 10.2. The number of carbonyl (C=O) groups excluding carboxylic acids is 3. The molecule has 0 radical (unpaired) electrons. The summed E-state index contributed by atoms with van der Waals surface area (Å²) in [6.45, 7) is 16.7. The van der Waals surface area contributed by atoms with Crippen LogP contribution in [-0.4, -0.2) is 42.9 Å². The lowest BCUT2D eigenvalue weighted by molar-refractivity contribution is -0.138. The molecule has 0 aromatic rings. The van der Waals surface area contributed by atoms with Crippen LogP contribution in [-0.2, 0) is 27.7 Å². The summed E-state index contributed by atoms with van der Waals surface area (Å²) in [4.78, 5) is 36.4. The maximum Gasteiger partial charge on any atom is 0.321 e. The Kier molecular flexibility index (Phi) is 7.84. The van der Waals surface area contributed by atoms with Gasteiger partial charge in [0.05, 0.1) is 12.0 Å². The van der Waals surface area contributed by atoms with Crippen molar-refractivity contribution in [2.24, 2.45) is 0 Å². The van der Waals surface area contributed by atoms with Crippen LogP contribution in [0.1, 0.15) is 6.42 Å². The van der Waals surface area contributed by atoms with E-state index in [4.69, 9.17) is 13.3 Å². The van der Waals surface area contributed by atoms with Gasteiger partial charge in [-0.15, -0.1) is 0 Å². The van der Waals surface area contributed by atoms with Gasteiger partial charge < -0.3 is 13.3 Å². The smallest absolute Gasteiger partial charge is 0.321 e. The summed E-state index contributed by atoms with van der Waals surface area (Å²) in [7, 11) is -6.33. The lowest BCUT2D eigenvalue weighted by Gasteiger charge is -2.21. The second-order valence-electron chi connectivity index (χ2n) is 8.47. The van der Waals surface area contributed by atoms with Crippen molar-refractivity contribution in [3.63, 3.8) is 0 Å². The van der Waals surface area contributed by atoms with Crippen LogP contribution in [0.25, 0.3) is 0 Å². The zero-order valence-electron chi connectivity index (χ0n) is 16.2. The van der Waals surface area contributed by atoms with Gasteiger partial charge in [-0.3, -0.25) is 4.79 Å². The molecule has 0 amide bonds. The van der Waals surface area contributed by atoms with E-state index < -0.39 is 42.9 Å². The van der Waals surface area contributed by atoms with E-state index in [0.29, 0.717) is 0 Å². The second-order valence-corrected chi connectivity index (χ2v) is 21.8. The molecule has 0 rings (SSSR count). The van der Waals surface area contributed by atoms with Gasteiger partial charge in [0.2, 0.25) is 25.0 Å². The Morgan fingerprint density at radius 1 is 0.708 bits per heavy atom. The first-order chi connectivity index (χ1) is 10.5. The van der Waals surface area contributed by atoms with Crippen LogP contribution in [0.5, 0.6) is 0 Å². The van der Waals surface area contributed by atoms with E-state index in [2.05, 4.69) is 0 Å². The van der Waals surface area contributed by atoms with Gasteiger partial charge in [-0.1, -0.05) is 0 Å². The van der Waals surface area contributed by atoms with E-state index in [9.17, 15) is 14.4 Å². The summed E-state index contributed by atoms with van der Waals surface area (Å²) in [5, 5.41) is 0. The third-order valence-electron chi connectivity index (χ3n) is 2.11. The molecular weight excluding hydrogens is 360 g/mol. The summed E-state index contributed by atoms with van der Waals surface area (Å²) in [5.74, 6) is -1.82. The average molecular weight is 391 g/mol. The molecule has 0 aromatic carbocycles. The molecule has 0 heterocycles. The van der Waals surface area contributed by atoms with Crippen molar-refractivity contribution < 1.29 is 27.7 Å². The minimum atomic E-state index is -2.16. The predicted octanol–water partition coefficient (Wildman–Crippen LogP) is 3.44. The summed E-state index contributed by atoms with van der Waals surface area (Å²) in [6.07, 6.45) is 0.764.